The van der Waals surface area contributed by atoms with Gasteiger partial charge in [-0.15, -0.1) is 0 Å². The molecule has 0 fully saturated rings. The van der Waals surface area contributed by atoms with Gasteiger partial charge in [0, 0.05) is 0 Å². The highest BCUT2D eigenvalue weighted by Crippen LogP contribution is 2.13. The number of carbonyl (C=O) groups is 1. The summed E-state index contributed by atoms with van der Waals surface area (Å²) < 4.78 is 0. The maximum Gasteiger partial charge on any atom is 0.142 e. The SMILES string of the molecule is C=C(/C=C\C=O)c1ccc(O)cn1. The van der Waals surface area contributed by atoms with E-state index in [0.29, 0.717) is 17.6 Å². The largest absolute Gasteiger partial charge is 0.506 e. The third-order valence-electron chi connectivity index (χ3n) is 1.45. The Hall–Kier alpha value is -1.90. The van der Waals surface area contributed by atoms with E-state index < -0.39 is 0 Å². The summed E-state index contributed by atoms with van der Waals surface area (Å²) in [6.45, 7) is 3.70. The third-order valence-corrected chi connectivity index (χ3v) is 1.45. The predicted octanol–water partition coefficient (Wildman–Crippen LogP) is 1.56. The molecule has 0 aromatic carbocycles. The number of carbonyl (C=O) groups excluding carboxylic acids is 1. The summed E-state index contributed by atoms with van der Waals surface area (Å²) >= 11 is 0. The smallest absolute Gasteiger partial charge is 0.142 e. The molecule has 1 aromatic rings. The van der Waals surface area contributed by atoms with Crippen LogP contribution in [0.25, 0.3) is 5.57 Å². The number of aromatic nitrogens is 1. The Labute approximate surface area is 76.1 Å². The van der Waals surface area contributed by atoms with Crippen LogP contribution in [0.2, 0.25) is 0 Å². The zero-order chi connectivity index (χ0) is 9.68. The van der Waals surface area contributed by atoms with Crippen molar-refractivity contribution < 1.29 is 9.90 Å². The molecule has 0 aliphatic rings. The van der Waals surface area contributed by atoms with E-state index in [9.17, 15) is 4.79 Å². The number of allylic oxidation sites excluding steroid dienone is 3. The lowest BCUT2D eigenvalue weighted by atomic mass is 10.2. The van der Waals surface area contributed by atoms with Gasteiger partial charge in [-0.25, -0.2) is 0 Å². The van der Waals surface area contributed by atoms with Gasteiger partial charge in [0.1, 0.15) is 12.0 Å². The van der Waals surface area contributed by atoms with Crippen LogP contribution >= 0.6 is 0 Å². The highest BCUT2D eigenvalue weighted by molar-refractivity contribution is 5.76. The molecule has 0 saturated heterocycles. The fourth-order valence-electron chi connectivity index (χ4n) is 0.817. The maximum absolute atomic E-state index is 10.0. The Morgan fingerprint density at radius 2 is 2.31 bits per heavy atom. The van der Waals surface area contributed by atoms with Crippen LogP contribution in [0.5, 0.6) is 5.75 Å². The van der Waals surface area contributed by atoms with Gasteiger partial charge in [0.2, 0.25) is 0 Å². The molecule has 0 amide bonds. The van der Waals surface area contributed by atoms with Gasteiger partial charge in [0.05, 0.1) is 11.9 Å². The standard InChI is InChI=1S/C10H9NO2/c1-8(3-2-6-12)10-5-4-9(13)7-11-10/h2-7,13H,1H2/b3-2-. The highest BCUT2D eigenvalue weighted by Gasteiger charge is 1.95. The maximum atomic E-state index is 10.0. The number of aromatic hydroxyl groups is 1. The van der Waals surface area contributed by atoms with Crippen LogP contribution in [0.15, 0.2) is 37.1 Å². The molecule has 0 aliphatic carbocycles. The molecule has 1 heterocycles. The van der Waals surface area contributed by atoms with E-state index >= 15 is 0 Å². The topological polar surface area (TPSA) is 50.2 Å². The van der Waals surface area contributed by atoms with E-state index in [1.165, 1.54) is 18.3 Å². The van der Waals surface area contributed by atoms with Crippen molar-refractivity contribution in [1.82, 2.24) is 4.98 Å². The first-order valence-electron chi connectivity index (χ1n) is 3.70. The van der Waals surface area contributed by atoms with Crippen molar-refractivity contribution in [2.45, 2.75) is 0 Å². The Morgan fingerprint density at radius 3 is 2.85 bits per heavy atom. The van der Waals surface area contributed by atoms with Crippen LogP contribution in [0.1, 0.15) is 5.69 Å². The molecule has 0 saturated carbocycles. The van der Waals surface area contributed by atoms with Crippen molar-refractivity contribution in [3.63, 3.8) is 0 Å². The highest BCUT2D eigenvalue weighted by atomic mass is 16.3. The average Bonchev–Trinajstić information content (AvgIpc) is 2.15. The number of hydrogen-bond donors (Lipinski definition) is 1. The first-order valence-corrected chi connectivity index (χ1v) is 3.70. The van der Waals surface area contributed by atoms with E-state index in [4.69, 9.17) is 5.11 Å². The monoisotopic (exact) mass is 175 g/mol. The normalized spacial score (nSPS) is 10.2. The molecule has 3 heteroatoms. The molecule has 1 N–H and O–H groups in total. The van der Waals surface area contributed by atoms with Crippen LogP contribution in [0, 0.1) is 0 Å². The second kappa shape index (κ2) is 4.21. The first-order chi connectivity index (χ1) is 6.24. The van der Waals surface area contributed by atoms with Crippen LogP contribution < -0.4 is 0 Å². The lowest BCUT2D eigenvalue weighted by molar-refractivity contribution is -0.104. The Kier molecular flexibility index (Phi) is 2.97. The summed E-state index contributed by atoms with van der Waals surface area (Å²) in [5.74, 6) is 0.107. The average molecular weight is 175 g/mol. The van der Waals surface area contributed by atoms with Gasteiger partial charge in [0.25, 0.3) is 0 Å². The molecule has 13 heavy (non-hydrogen) atoms. The summed E-state index contributed by atoms with van der Waals surface area (Å²) in [5, 5.41) is 8.95. The van der Waals surface area contributed by atoms with E-state index in [1.54, 1.807) is 12.1 Å². The van der Waals surface area contributed by atoms with Crippen LogP contribution in [-0.4, -0.2) is 16.4 Å². The lowest BCUT2D eigenvalue weighted by Gasteiger charge is -1.97. The van der Waals surface area contributed by atoms with Gasteiger partial charge in [-0.1, -0.05) is 12.7 Å². The minimum Gasteiger partial charge on any atom is -0.506 e. The minimum atomic E-state index is 0.107. The number of rotatable bonds is 3. The quantitative estimate of drug-likeness (QED) is 0.431. The minimum absolute atomic E-state index is 0.107. The lowest BCUT2D eigenvalue weighted by Crippen LogP contribution is -1.83. The van der Waals surface area contributed by atoms with Crippen LogP contribution in [-0.2, 0) is 4.79 Å². The molecule has 1 rings (SSSR count). The van der Waals surface area contributed by atoms with Crippen LogP contribution in [0.3, 0.4) is 0 Å². The fourth-order valence-corrected chi connectivity index (χ4v) is 0.817. The Morgan fingerprint density at radius 1 is 1.54 bits per heavy atom. The molecule has 0 aliphatic heterocycles. The summed E-state index contributed by atoms with van der Waals surface area (Å²) in [6, 6.07) is 3.15. The summed E-state index contributed by atoms with van der Waals surface area (Å²) in [4.78, 5) is 13.9. The summed E-state index contributed by atoms with van der Waals surface area (Å²) in [5.41, 5.74) is 1.27. The first kappa shape index (κ1) is 9.19. The molecule has 66 valence electrons. The van der Waals surface area contributed by atoms with Gasteiger partial charge in [0.15, 0.2) is 0 Å². The molecule has 1 aromatic heterocycles. The number of pyridine rings is 1. The second-order valence-electron chi connectivity index (χ2n) is 2.42. The zero-order valence-corrected chi connectivity index (χ0v) is 6.97. The second-order valence-corrected chi connectivity index (χ2v) is 2.42. The van der Waals surface area contributed by atoms with Crippen molar-refractivity contribution in [2.75, 3.05) is 0 Å². The van der Waals surface area contributed by atoms with Gasteiger partial charge in [-0.05, 0) is 23.8 Å². The molecule has 0 unspecified atom stereocenters. The van der Waals surface area contributed by atoms with Gasteiger partial charge in [-0.2, -0.15) is 0 Å². The molecule has 0 atom stereocenters. The molecular weight excluding hydrogens is 166 g/mol. The van der Waals surface area contributed by atoms with E-state index in [0.717, 1.165) is 0 Å². The molecule has 0 spiro atoms. The molecular formula is C10H9NO2. The van der Waals surface area contributed by atoms with Crippen molar-refractivity contribution >= 4 is 11.9 Å². The number of hydrogen-bond acceptors (Lipinski definition) is 3. The summed E-state index contributed by atoms with van der Waals surface area (Å²) in [7, 11) is 0. The van der Waals surface area contributed by atoms with Gasteiger partial charge in [-0.3, -0.25) is 9.78 Å². The third kappa shape index (κ3) is 2.56. The Bertz CT molecular complexity index is 338. The van der Waals surface area contributed by atoms with Gasteiger partial charge >= 0.3 is 0 Å². The van der Waals surface area contributed by atoms with E-state index in [1.807, 2.05) is 0 Å². The van der Waals surface area contributed by atoms with Crippen molar-refractivity contribution in [3.05, 3.63) is 42.8 Å². The zero-order valence-electron chi connectivity index (χ0n) is 6.97. The predicted molar refractivity (Wildman–Crippen MR) is 50.1 cm³/mol. The number of nitrogens with zero attached hydrogens (tertiary/aromatic N) is 1. The van der Waals surface area contributed by atoms with E-state index in [-0.39, 0.29) is 5.75 Å². The Balaban J connectivity index is 2.83. The molecule has 0 radical (unpaired) electrons. The summed E-state index contributed by atoms with van der Waals surface area (Å²) in [6.07, 6.45) is 4.91. The van der Waals surface area contributed by atoms with Crippen LogP contribution in [0.4, 0.5) is 0 Å². The molecule has 0 bridgehead atoms. The van der Waals surface area contributed by atoms with Crippen molar-refractivity contribution in [2.24, 2.45) is 0 Å². The van der Waals surface area contributed by atoms with Gasteiger partial charge < -0.3 is 5.11 Å². The molecule has 3 nitrogen and oxygen atoms in total. The van der Waals surface area contributed by atoms with Crippen molar-refractivity contribution in [3.8, 4) is 5.75 Å². The fraction of sp³-hybridized carbons (Fsp3) is 0. The number of aldehydes is 1. The van der Waals surface area contributed by atoms with E-state index in [2.05, 4.69) is 11.6 Å². The van der Waals surface area contributed by atoms with Crippen molar-refractivity contribution in [1.29, 1.82) is 0 Å².